The normalized spacial score (nSPS) is 20.4. The zero-order chi connectivity index (χ0) is 22.8. The lowest BCUT2D eigenvalue weighted by atomic mass is 10.1. The monoisotopic (exact) mass is 440 g/mol. The number of likely N-dealkylation sites (tertiary alicyclic amines) is 2. The zero-order valence-corrected chi connectivity index (χ0v) is 18.4. The van der Waals surface area contributed by atoms with Crippen LogP contribution in [0.15, 0.2) is 35.3 Å². The van der Waals surface area contributed by atoms with E-state index in [0.717, 1.165) is 44.3 Å². The summed E-state index contributed by atoms with van der Waals surface area (Å²) in [5.74, 6) is -0.0524. The van der Waals surface area contributed by atoms with Crippen molar-refractivity contribution in [2.75, 3.05) is 32.8 Å². The lowest BCUT2D eigenvalue weighted by Gasteiger charge is -2.25. The number of aliphatic hydroxyl groups is 1. The molecule has 3 rings (SSSR count). The molecule has 1 unspecified atom stereocenters. The van der Waals surface area contributed by atoms with Crippen LogP contribution >= 0.6 is 0 Å². The van der Waals surface area contributed by atoms with Gasteiger partial charge in [0.15, 0.2) is 6.19 Å². The van der Waals surface area contributed by atoms with Crippen molar-refractivity contribution in [3.8, 4) is 6.19 Å². The fourth-order valence-electron chi connectivity index (χ4n) is 4.16. The predicted molar refractivity (Wildman–Crippen MR) is 120 cm³/mol. The Kier molecular flexibility index (Phi) is 8.87. The molecule has 9 nitrogen and oxygen atoms in total. The third kappa shape index (κ3) is 6.69. The molecule has 0 aliphatic carbocycles. The minimum Gasteiger partial charge on any atom is -0.394 e. The molecule has 1 aromatic carbocycles. The molecule has 2 aliphatic rings. The second-order valence-electron chi connectivity index (χ2n) is 8.29. The van der Waals surface area contributed by atoms with Gasteiger partial charge in [-0.2, -0.15) is 5.26 Å². The van der Waals surface area contributed by atoms with E-state index >= 15 is 0 Å². The Morgan fingerprint density at radius 1 is 1.19 bits per heavy atom. The van der Waals surface area contributed by atoms with Gasteiger partial charge in [-0.05, 0) is 44.1 Å². The van der Waals surface area contributed by atoms with Crippen molar-refractivity contribution in [2.24, 2.45) is 4.99 Å². The van der Waals surface area contributed by atoms with E-state index in [4.69, 9.17) is 5.26 Å². The van der Waals surface area contributed by atoms with Gasteiger partial charge in [0, 0.05) is 19.6 Å². The fraction of sp³-hybridized carbons (Fsp3) is 0.565. The third-order valence-corrected chi connectivity index (χ3v) is 5.88. The van der Waals surface area contributed by atoms with Gasteiger partial charge in [0.05, 0.1) is 19.2 Å². The minimum absolute atomic E-state index is 0.0165. The van der Waals surface area contributed by atoms with E-state index in [1.807, 2.05) is 41.4 Å². The molecule has 172 valence electrons. The van der Waals surface area contributed by atoms with Gasteiger partial charge in [-0.1, -0.05) is 30.3 Å². The topological polar surface area (TPSA) is 121 Å². The summed E-state index contributed by atoms with van der Waals surface area (Å²) in [6, 6.07) is 8.65. The number of amides is 2. The van der Waals surface area contributed by atoms with Crippen molar-refractivity contribution in [1.82, 2.24) is 20.4 Å². The number of carbonyl (C=O) groups excluding carboxylic acids is 2. The first kappa shape index (κ1) is 23.5. The maximum Gasteiger partial charge on any atom is 0.247 e. The van der Waals surface area contributed by atoms with Crippen LogP contribution in [0.4, 0.5) is 0 Å². The summed E-state index contributed by atoms with van der Waals surface area (Å²) >= 11 is 0. The van der Waals surface area contributed by atoms with Crippen LogP contribution in [-0.2, 0) is 16.0 Å². The molecular formula is C23H32N6O3. The molecule has 2 saturated heterocycles. The molecule has 2 fully saturated rings. The van der Waals surface area contributed by atoms with E-state index in [-0.39, 0.29) is 37.0 Å². The summed E-state index contributed by atoms with van der Waals surface area (Å²) in [5.41, 5.74) is 1.03. The maximum atomic E-state index is 13.1. The molecule has 0 bridgehead atoms. The van der Waals surface area contributed by atoms with Crippen LogP contribution in [0.25, 0.3) is 0 Å². The number of carbonyl (C=O) groups is 2. The van der Waals surface area contributed by atoms with Gasteiger partial charge in [-0.25, -0.2) is 4.99 Å². The summed E-state index contributed by atoms with van der Waals surface area (Å²) in [5, 5.41) is 24.5. The molecule has 0 radical (unpaired) electrons. The number of aliphatic imine (C=N–C) groups is 1. The smallest absolute Gasteiger partial charge is 0.247 e. The van der Waals surface area contributed by atoms with Crippen molar-refractivity contribution < 1.29 is 14.7 Å². The number of nitrogens with one attached hydrogen (secondary N) is 2. The van der Waals surface area contributed by atoms with Crippen LogP contribution in [0.2, 0.25) is 0 Å². The van der Waals surface area contributed by atoms with E-state index in [1.54, 1.807) is 4.90 Å². The summed E-state index contributed by atoms with van der Waals surface area (Å²) in [6.07, 6.45) is 6.58. The van der Waals surface area contributed by atoms with E-state index in [0.29, 0.717) is 19.4 Å². The second kappa shape index (κ2) is 12.1. The van der Waals surface area contributed by atoms with Gasteiger partial charge in [0.2, 0.25) is 17.8 Å². The Morgan fingerprint density at radius 3 is 2.59 bits per heavy atom. The van der Waals surface area contributed by atoms with Gasteiger partial charge in [-0.3, -0.25) is 14.9 Å². The summed E-state index contributed by atoms with van der Waals surface area (Å²) in [6.45, 7) is 1.97. The Morgan fingerprint density at radius 2 is 1.91 bits per heavy atom. The highest BCUT2D eigenvalue weighted by Crippen LogP contribution is 2.16. The molecule has 2 aliphatic heterocycles. The molecular weight excluding hydrogens is 408 g/mol. The number of hydrogen-bond donors (Lipinski definition) is 3. The quantitative estimate of drug-likeness (QED) is 0.247. The van der Waals surface area contributed by atoms with Crippen molar-refractivity contribution in [2.45, 2.75) is 50.6 Å². The van der Waals surface area contributed by atoms with Crippen molar-refractivity contribution in [3.05, 3.63) is 35.9 Å². The van der Waals surface area contributed by atoms with E-state index in [2.05, 4.69) is 15.6 Å². The third-order valence-electron chi connectivity index (χ3n) is 5.88. The second-order valence-corrected chi connectivity index (χ2v) is 8.29. The molecule has 1 aromatic rings. The first-order chi connectivity index (χ1) is 15.6. The average molecular weight is 441 g/mol. The minimum atomic E-state index is -0.678. The van der Waals surface area contributed by atoms with Gasteiger partial charge in [0.1, 0.15) is 6.04 Å². The lowest BCUT2D eigenvalue weighted by Crippen LogP contribution is -2.48. The SMILES string of the molecule is N#CNC(=N[C@H]1CCCCN(CC(=O)N2CCCC2)C1=O)NC(CO)Cc1ccccc1. The lowest BCUT2D eigenvalue weighted by molar-refractivity contribution is -0.140. The van der Waals surface area contributed by atoms with Gasteiger partial charge in [-0.15, -0.1) is 0 Å². The Labute approximate surface area is 189 Å². The van der Waals surface area contributed by atoms with Crippen molar-refractivity contribution in [3.63, 3.8) is 0 Å². The average Bonchev–Trinajstić information content (AvgIpc) is 3.29. The Balaban J connectivity index is 1.68. The highest BCUT2D eigenvalue weighted by molar-refractivity contribution is 5.90. The van der Waals surface area contributed by atoms with Gasteiger partial charge in [0.25, 0.3) is 0 Å². The van der Waals surface area contributed by atoms with Gasteiger partial charge < -0.3 is 20.2 Å². The molecule has 2 heterocycles. The van der Waals surface area contributed by atoms with E-state index in [9.17, 15) is 14.7 Å². The molecule has 2 atom stereocenters. The van der Waals surface area contributed by atoms with E-state index < -0.39 is 6.04 Å². The summed E-state index contributed by atoms with van der Waals surface area (Å²) in [4.78, 5) is 33.6. The molecule has 9 heteroatoms. The van der Waals surface area contributed by atoms with Crippen LogP contribution < -0.4 is 10.6 Å². The molecule has 0 spiro atoms. The van der Waals surface area contributed by atoms with Gasteiger partial charge >= 0.3 is 0 Å². The molecule has 3 N–H and O–H groups in total. The summed E-state index contributed by atoms with van der Waals surface area (Å²) in [7, 11) is 0. The molecule has 0 aromatic heterocycles. The number of rotatable bonds is 7. The van der Waals surface area contributed by atoms with Crippen LogP contribution in [0.3, 0.4) is 0 Å². The zero-order valence-electron chi connectivity index (χ0n) is 18.4. The number of nitriles is 1. The Hall–Kier alpha value is -3.12. The number of guanidine groups is 1. The molecule has 0 saturated carbocycles. The Bertz CT molecular complexity index is 832. The number of nitrogens with zero attached hydrogens (tertiary/aromatic N) is 4. The summed E-state index contributed by atoms with van der Waals surface area (Å²) < 4.78 is 0. The number of hydrogen-bond acceptors (Lipinski definition) is 5. The van der Waals surface area contributed by atoms with Crippen molar-refractivity contribution >= 4 is 17.8 Å². The fourth-order valence-corrected chi connectivity index (χ4v) is 4.16. The first-order valence-corrected chi connectivity index (χ1v) is 11.3. The maximum absolute atomic E-state index is 13.1. The number of aliphatic hydroxyl groups excluding tert-OH is 1. The first-order valence-electron chi connectivity index (χ1n) is 11.3. The van der Waals surface area contributed by atoms with Crippen molar-refractivity contribution in [1.29, 1.82) is 5.26 Å². The van der Waals surface area contributed by atoms with Crippen LogP contribution in [0, 0.1) is 11.5 Å². The standard InChI is InChI=1S/C23H32N6O3/c24-17-25-23(26-19(16-30)14-18-8-2-1-3-9-18)27-20-10-4-5-13-29(22(20)32)15-21(31)28-11-6-7-12-28/h1-3,8-9,19-20,30H,4-7,10-16H2,(H2,25,26,27)/t19?,20-/m0/s1. The van der Waals surface area contributed by atoms with Crippen LogP contribution in [-0.4, -0.2) is 77.5 Å². The highest BCUT2D eigenvalue weighted by Gasteiger charge is 2.30. The molecule has 2 amide bonds. The number of benzene rings is 1. The predicted octanol–water partition coefficient (Wildman–Crippen LogP) is 0.610. The highest BCUT2D eigenvalue weighted by atomic mass is 16.3. The van der Waals surface area contributed by atoms with Crippen LogP contribution in [0.1, 0.15) is 37.7 Å². The van der Waals surface area contributed by atoms with E-state index in [1.165, 1.54) is 0 Å². The molecule has 32 heavy (non-hydrogen) atoms. The largest absolute Gasteiger partial charge is 0.394 e. The van der Waals surface area contributed by atoms with Crippen LogP contribution in [0.5, 0.6) is 0 Å².